The van der Waals surface area contributed by atoms with E-state index < -0.39 is 0 Å². The Morgan fingerprint density at radius 1 is 1.29 bits per heavy atom. The van der Waals surface area contributed by atoms with Crippen LogP contribution in [0.2, 0.25) is 0 Å². The minimum absolute atomic E-state index is 0.230. The number of anilines is 1. The van der Waals surface area contributed by atoms with Crippen LogP contribution in [-0.4, -0.2) is 31.5 Å². The van der Waals surface area contributed by atoms with E-state index in [1.807, 2.05) is 13.1 Å². The summed E-state index contributed by atoms with van der Waals surface area (Å²) in [7, 11) is 1.87. The Kier molecular flexibility index (Phi) is 3.76. The average Bonchev–Trinajstić information content (AvgIpc) is 3.16. The molecule has 0 unspecified atom stereocenters. The Labute approximate surface area is 142 Å². The number of aromatic nitrogens is 5. The van der Waals surface area contributed by atoms with Gasteiger partial charge >= 0.3 is 0 Å². The van der Waals surface area contributed by atoms with Crippen molar-refractivity contribution < 1.29 is 4.39 Å². The molecule has 0 saturated heterocycles. The van der Waals surface area contributed by atoms with Gasteiger partial charge in [-0.05, 0) is 31.0 Å². The lowest BCUT2D eigenvalue weighted by Crippen LogP contribution is -2.42. The largest absolute Gasteiger partial charge is 0.359 e. The van der Waals surface area contributed by atoms with E-state index in [2.05, 4.69) is 25.6 Å². The fourth-order valence-corrected chi connectivity index (χ4v) is 3.90. The molecule has 0 bridgehead atoms. The highest BCUT2D eigenvalue weighted by Crippen LogP contribution is 2.44. The lowest BCUT2D eigenvalue weighted by molar-refractivity contribution is 0.243. The first kappa shape index (κ1) is 15.2. The zero-order valence-corrected chi connectivity index (χ0v) is 14.1. The van der Waals surface area contributed by atoms with Gasteiger partial charge in [-0.3, -0.25) is 9.67 Å². The Morgan fingerprint density at radius 2 is 2.17 bits per heavy atom. The predicted molar refractivity (Wildman–Crippen MR) is 90.3 cm³/mol. The van der Waals surface area contributed by atoms with Crippen molar-refractivity contribution in [3.05, 3.63) is 42.1 Å². The fourth-order valence-electron chi connectivity index (χ4n) is 3.10. The van der Waals surface area contributed by atoms with E-state index in [0.29, 0.717) is 12.2 Å². The number of halogens is 1. The van der Waals surface area contributed by atoms with Crippen molar-refractivity contribution in [1.29, 1.82) is 0 Å². The van der Waals surface area contributed by atoms with Gasteiger partial charge in [0, 0.05) is 31.4 Å². The minimum atomic E-state index is -0.246. The first-order valence-corrected chi connectivity index (χ1v) is 8.66. The molecule has 1 aliphatic carbocycles. The lowest BCUT2D eigenvalue weighted by Gasteiger charge is -2.41. The lowest BCUT2D eigenvalue weighted by atomic mass is 9.66. The van der Waals surface area contributed by atoms with Gasteiger partial charge in [-0.1, -0.05) is 17.8 Å². The van der Waals surface area contributed by atoms with Crippen LogP contribution in [0.4, 0.5) is 9.52 Å². The molecule has 1 saturated carbocycles. The molecule has 0 atom stereocenters. The zero-order valence-electron chi connectivity index (χ0n) is 13.2. The molecule has 0 radical (unpaired) electrons. The topological polar surface area (TPSA) is 68.5 Å². The number of nitrogens with one attached hydrogen (secondary N) is 1. The summed E-state index contributed by atoms with van der Waals surface area (Å²) in [4.78, 5) is 4.28. The van der Waals surface area contributed by atoms with Crippen LogP contribution in [0.3, 0.4) is 0 Å². The molecule has 24 heavy (non-hydrogen) atoms. The molecule has 3 heterocycles. The van der Waals surface area contributed by atoms with Crippen molar-refractivity contribution in [2.45, 2.75) is 24.7 Å². The van der Waals surface area contributed by atoms with Gasteiger partial charge in [-0.25, -0.2) is 4.39 Å². The van der Waals surface area contributed by atoms with Crippen LogP contribution in [0.5, 0.6) is 0 Å². The van der Waals surface area contributed by atoms with Gasteiger partial charge in [0.1, 0.15) is 5.82 Å². The Hall–Kier alpha value is -2.35. The van der Waals surface area contributed by atoms with Crippen LogP contribution in [0.15, 0.2) is 30.6 Å². The molecule has 3 aromatic rings. The van der Waals surface area contributed by atoms with E-state index in [1.54, 1.807) is 23.1 Å². The molecule has 6 nitrogen and oxygen atoms in total. The van der Waals surface area contributed by atoms with E-state index in [0.717, 1.165) is 35.1 Å². The quantitative estimate of drug-likeness (QED) is 0.770. The van der Waals surface area contributed by atoms with E-state index in [1.165, 1.54) is 17.4 Å². The second-order valence-corrected chi connectivity index (χ2v) is 7.05. The number of aryl methyl sites for hydroxylation is 1. The van der Waals surface area contributed by atoms with Crippen LogP contribution in [0, 0.1) is 5.82 Å². The summed E-state index contributed by atoms with van der Waals surface area (Å²) in [6, 6.07) is 5.01. The van der Waals surface area contributed by atoms with E-state index in [4.69, 9.17) is 0 Å². The van der Waals surface area contributed by atoms with Crippen LogP contribution in [-0.2, 0) is 12.5 Å². The zero-order chi connectivity index (χ0) is 16.6. The van der Waals surface area contributed by atoms with Crippen LogP contribution >= 0.6 is 11.3 Å². The molecule has 8 heteroatoms. The monoisotopic (exact) mass is 344 g/mol. The molecule has 0 aliphatic heterocycles. The summed E-state index contributed by atoms with van der Waals surface area (Å²) in [6.45, 7) is 0.612. The first-order valence-electron chi connectivity index (χ1n) is 7.85. The van der Waals surface area contributed by atoms with E-state index in [9.17, 15) is 4.39 Å². The third-order valence-corrected chi connectivity index (χ3v) is 5.52. The smallest absolute Gasteiger partial charge is 0.206 e. The highest BCUT2D eigenvalue weighted by molar-refractivity contribution is 7.18. The summed E-state index contributed by atoms with van der Waals surface area (Å²) < 4.78 is 15.9. The second kappa shape index (κ2) is 5.94. The SMILES string of the molecule is Cn1nccc1-c1nnc(NCC2(c3ncccc3F)CCC2)s1. The van der Waals surface area contributed by atoms with Crippen molar-refractivity contribution >= 4 is 16.5 Å². The molecular weight excluding hydrogens is 327 g/mol. The summed E-state index contributed by atoms with van der Waals surface area (Å²) >= 11 is 1.47. The molecule has 124 valence electrons. The van der Waals surface area contributed by atoms with Crippen molar-refractivity contribution in [2.75, 3.05) is 11.9 Å². The van der Waals surface area contributed by atoms with Gasteiger partial charge in [-0.2, -0.15) is 5.10 Å². The minimum Gasteiger partial charge on any atom is -0.359 e. The molecular formula is C16H17FN6S. The Bertz CT molecular complexity index is 854. The van der Waals surface area contributed by atoms with Gasteiger partial charge in [0.25, 0.3) is 0 Å². The number of pyridine rings is 1. The summed E-state index contributed by atoms with van der Waals surface area (Å²) in [5, 5.41) is 17.4. The molecule has 3 aromatic heterocycles. The third kappa shape index (κ3) is 2.56. The van der Waals surface area contributed by atoms with E-state index >= 15 is 0 Å². The van der Waals surface area contributed by atoms with Crippen LogP contribution in [0.25, 0.3) is 10.7 Å². The molecule has 0 spiro atoms. The number of nitrogens with zero attached hydrogens (tertiary/aromatic N) is 5. The second-order valence-electron chi connectivity index (χ2n) is 6.07. The Morgan fingerprint density at radius 3 is 2.83 bits per heavy atom. The maximum absolute atomic E-state index is 14.1. The van der Waals surface area contributed by atoms with Crippen molar-refractivity contribution in [1.82, 2.24) is 25.0 Å². The highest BCUT2D eigenvalue weighted by Gasteiger charge is 2.41. The third-order valence-electron chi connectivity index (χ3n) is 4.61. The van der Waals surface area contributed by atoms with Gasteiger partial charge in [0.05, 0.1) is 11.4 Å². The molecule has 1 fully saturated rings. The highest BCUT2D eigenvalue weighted by atomic mass is 32.1. The normalized spacial score (nSPS) is 15.9. The number of hydrogen-bond donors (Lipinski definition) is 1. The maximum atomic E-state index is 14.1. The number of rotatable bonds is 5. The van der Waals surface area contributed by atoms with Crippen molar-refractivity contribution in [3.8, 4) is 10.7 Å². The van der Waals surface area contributed by atoms with Gasteiger partial charge in [0.2, 0.25) is 5.13 Å². The molecule has 4 rings (SSSR count). The summed E-state index contributed by atoms with van der Waals surface area (Å²) in [6.07, 6.45) is 6.34. The summed E-state index contributed by atoms with van der Waals surface area (Å²) in [5.41, 5.74) is 1.23. The summed E-state index contributed by atoms with van der Waals surface area (Å²) in [5.74, 6) is -0.230. The standard InChI is InChI=1S/C16H17FN6S/c1-23-12(5-9-20-23)14-21-22-15(24-14)19-10-16(6-3-7-16)13-11(17)4-2-8-18-13/h2,4-5,8-9H,3,6-7,10H2,1H3,(H,19,22). The van der Waals surface area contributed by atoms with Gasteiger partial charge in [-0.15, -0.1) is 10.2 Å². The van der Waals surface area contributed by atoms with Crippen molar-refractivity contribution in [3.63, 3.8) is 0 Å². The van der Waals surface area contributed by atoms with Crippen LogP contribution < -0.4 is 5.32 Å². The van der Waals surface area contributed by atoms with Crippen molar-refractivity contribution in [2.24, 2.45) is 7.05 Å². The molecule has 1 aliphatic rings. The maximum Gasteiger partial charge on any atom is 0.206 e. The fraction of sp³-hybridized carbons (Fsp3) is 0.375. The average molecular weight is 344 g/mol. The molecule has 1 N–H and O–H groups in total. The predicted octanol–water partition coefficient (Wildman–Crippen LogP) is 3.01. The van der Waals surface area contributed by atoms with Gasteiger partial charge in [0.15, 0.2) is 5.01 Å². The molecule has 0 amide bonds. The Balaban J connectivity index is 1.51. The molecule has 0 aromatic carbocycles. The first-order chi connectivity index (χ1) is 11.7. The van der Waals surface area contributed by atoms with E-state index in [-0.39, 0.29) is 11.2 Å². The number of hydrogen-bond acceptors (Lipinski definition) is 6. The van der Waals surface area contributed by atoms with Gasteiger partial charge < -0.3 is 5.32 Å². The van der Waals surface area contributed by atoms with Crippen LogP contribution in [0.1, 0.15) is 25.0 Å².